The molecular formula is C10H12BrClN2O2. The Bertz CT molecular complexity index is 387. The number of likely N-dealkylation sites (N-methyl/N-ethyl adjacent to an activating group) is 1. The van der Waals surface area contributed by atoms with Crippen molar-refractivity contribution in [2.75, 3.05) is 25.1 Å². The number of rotatable bonds is 4. The van der Waals surface area contributed by atoms with Crippen LogP contribution in [0.25, 0.3) is 0 Å². The Hall–Kier alpha value is -0.810. The van der Waals surface area contributed by atoms with Gasteiger partial charge in [-0.3, -0.25) is 4.79 Å². The molecule has 0 radical (unpaired) electrons. The van der Waals surface area contributed by atoms with Crippen molar-refractivity contribution in [3.63, 3.8) is 0 Å². The summed E-state index contributed by atoms with van der Waals surface area (Å²) in [5.74, 6) is 0.367. The van der Waals surface area contributed by atoms with E-state index < -0.39 is 0 Å². The molecule has 1 rings (SSSR count). The van der Waals surface area contributed by atoms with Crippen LogP contribution in [0.3, 0.4) is 0 Å². The maximum absolute atomic E-state index is 11.3. The fraction of sp³-hybridized carbons (Fsp3) is 0.400. The van der Waals surface area contributed by atoms with Gasteiger partial charge in [-0.25, -0.2) is 4.98 Å². The molecule has 0 fully saturated rings. The summed E-state index contributed by atoms with van der Waals surface area (Å²) in [7, 11) is 1.76. The molecule has 0 atom stereocenters. The number of pyridine rings is 1. The Kier molecular flexibility index (Phi) is 5.02. The van der Waals surface area contributed by atoms with Gasteiger partial charge >= 0.3 is 5.97 Å². The molecule has 0 aliphatic carbocycles. The van der Waals surface area contributed by atoms with Crippen molar-refractivity contribution in [3.8, 4) is 0 Å². The fourth-order valence-corrected chi connectivity index (χ4v) is 2.10. The number of hydrogen-bond donors (Lipinski definition) is 0. The van der Waals surface area contributed by atoms with Crippen LogP contribution in [0.2, 0.25) is 5.02 Å². The molecule has 0 N–H and O–H groups in total. The molecule has 0 aromatic carbocycles. The number of carbonyl (C=O) groups excluding carboxylic acids is 1. The largest absolute Gasteiger partial charge is 0.465 e. The number of carbonyl (C=O) groups is 1. The minimum atomic E-state index is -0.284. The van der Waals surface area contributed by atoms with Gasteiger partial charge in [0.05, 0.1) is 16.1 Å². The van der Waals surface area contributed by atoms with Crippen LogP contribution in [-0.4, -0.2) is 31.2 Å². The minimum Gasteiger partial charge on any atom is -0.465 e. The highest BCUT2D eigenvalue weighted by Gasteiger charge is 2.12. The van der Waals surface area contributed by atoms with Crippen LogP contribution in [0.1, 0.15) is 6.92 Å². The van der Waals surface area contributed by atoms with Gasteiger partial charge in [-0.2, -0.15) is 0 Å². The van der Waals surface area contributed by atoms with Gasteiger partial charge in [-0.05, 0) is 28.9 Å². The van der Waals surface area contributed by atoms with E-state index in [4.69, 9.17) is 16.3 Å². The first-order valence-corrected chi connectivity index (χ1v) is 5.89. The van der Waals surface area contributed by atoms with Gasteiger partial charge in [0.2, 0.25) is 0 Å². The van der Waals surface area contributed by atoms with Gasteiger partial charge in [-0.1, -0.05) is 11.6 Å². The topological polar surface area (TPSA) is 42.4 Å². The summed E-state index contributed by atoms with van der Waals surface area (Å²) < 4.78 is 5.59. The normalized spacial score (nSPS) is 10.0. The molecule has 88 valence electrons. The molecule has 1 heterocycles. The number of halogens is 2. The second kappa shape index (κ2) is 6.06. The minimum absolute atomic E-state index is 0.154. The van der Waals surface area contributed by atoms with Gasteiger partial charge in [-0.15, -0.1) is 0 Å². The van der Waals surface area contributed by atoms with E-state index in [0.29, 0.717) is 17.4 Å². The van der Waals surface area contributed by atoms with Gasteiger partial charge in [0.25, 0.3) is 0 Å². The van der Waals surface area contributed by atoms with E-state index in [9.17, 15) is 4.79 Å². The predicted octanol–water partition coefficient (Wildman–Crippen LogP) is 2.50. The highest BCUT2D eigenvalue weighted by Crippen LogP contribution is 2.25. The maximum Gasteiger partial charge on any atom is 0.325 e. The van der Waals surface area contributed by atoms with Gasteiger partial charge in [0.15, 0.2) is 0 Å². The zero-order chi connectivity index (χ0) is 12.1. The third-order valence-corrected chi connectivity index (χ3v) is 2.61. The first kappa shape index (κ1) is 13.3. The second-order valence-electron chi connectivity index (χ2n) is 3.12. The number of aromatic nitrogens is 1. The van der Waals surface area contributed by atoms with E-state index in [1.54, 1.807) is 24.9 Å². The van der Waals surface area contributed by atoms with E-state index >= 15 is 0 Å². The van der Waals surface area contributed by atoms with E-state index in [0.717, 1.165) is 4.47 Å². The van der Waals surface area contributed by atoms with Crippen molar-refractivity contribution in [1.82, 2.24) is 4.98 Å². The Morgan fingerprint density at radius 3 is 2.94 bits per heavy atom. The van der Waals surface area contributed by atoms with Crippen LogP contribution in [0.5, 0.6) is 0 Å². The number of anilines is 1. The molecule has 0 aliphatic rings. The highest BCUT2D eigenvalue weighted by atomic mass is 79.9. The fourth-order valence-electron chi connectivity index (χ4n) is 1.16. The molecule has 0 bridgehead atoms. The molecule has 0 spiro atoms. The molecule has 0 amide bonds. The summed E-state index contributed by atoms with van der Waals surface area (Å²) >= 11 is 9.11. The molecule has 1 aromatic heterocycles. The predicted molar refractivity (Wildman–Crippen MR) is 66.9 cm³/mol. The van der Waals surface area contributed by atoms with Gasteiger partial charge < -0.3 is 9.64 Å². The second-order valence-corrected chi connectivity index (χ2v) is 4.41. The van der Waals surface area contributed by atoms with Crippen molar-refractivity contribution < 1.29 is 9.53 Å². The van der Waals surface area contributed by atoms with Crippen LogP contribution in [0, 0.1) is 0 Å². The van der Waals surface area contributed by atoms with Crippen LogP contribution in [-0.2, 0) is 9.53 Å². The summed E-state index contributed by atoms with van der Waals surface area (Å²) in [6.45, 7) is 2.30. The number of ether oxygens (including phenoxy) is 1. The molecule has 6 heteroatoms. The summed E-state index contributed by atoms with van der Waals surface area (Å²) in [6, 6.07) is 1.73. The van der Waals surface area contributed by atoms with Crippen LogP contribution < -0.4 is 4.90 Å². The number of esters is 1. The molecule has 0 saturated heterocycles. The molecular weight excluding hydrogens is 295 g/mol. The van der Waals surface area contributed by atoms with Crippen molar-refractivity contribution in [1.29, 1.82) is 0 Å². The lowest BCUT2D eigenvalue weighted by molar-refractivity contribution is -0.141. The first-order chi connectivity index (χ1) is 7.54. The van der Waals surface area contributed by atoms with E-state index in [1.165, 1.54) is 6.20 Å². The van der Waals surface area contributed by atoms with Crippen LogP contribution in [0.4, 0.5) is 5.82 Å². The Labute approximate surface area is 108 Å². The molecule has 0 unspecified atom stereocenters. The zero-order valence-electron chi connectivity index (χ0n) is 9.04. The average molecular weight is 308 g/mol. The van der Waals surface area contributed by atoms with E-state index in [1.807, 2.05) is 0 Å². The Balaban J connectivity index is 2.72. The van der Waals surface area contributed by atoms with Crippen molar-refractivity contribution >= 4 is 39.3 Å². The number of hydrogen-bond acceptors (Lipinski definition) is 4. The molecule has 0 saturated carbocycles. The van der Waals surface area contributed by atoms with E-state index in [-0.39, 0.29) is 12.5 Å². The third kappa shape index (κ3) is 3.64. The summed E-state index contributed by atoms with van der Waals surface area (Å²) in [5.41, 5.74) is 0. The maximum atomic E-state index is 11.3. The van der Waals surface area contributed by atoms with Crippen LogP contribution >= 0.6 is 27.5 Å². The van der Waals surface area contributed by atoms with Crippen LogP contribution in [0.15, 0.2) is 16.7 Å². The summed E-state index contributed by atoms with van der Waals surface area (Å²) in [4.78, 5) is 17.1. The lowest BCUT2D eigenvalue weighted by Crippen LogP contribution is -2.28. The lowest BCUT2D eigenvalue weighted by Gasteiger charge is -2.18. The van der Waals surface area contributed by atoms with Crippen molar-refractivity contribution in [2.24, 2.45) is 0 Å². The molecule has 0 aliphatic heterocycles. The van der Waals surface area contributed by atoms with E-state index in [2.05, 4.69) is 20.9 Å². The molecule has 16 heavy (non-hydrogen) atoms. The quantitative estimate of drug-likeness (QED) is 0.802. The van der Waals surface area contributed by atoms with Crippen molar-refractivity contribution in [2.45, 2.75) is 6.92 Å². The monoisotopic (exact) mass is 306 g/mol. The third-order valence-electron chi connectivity index (χ3n) is 1.82. The smallest absolute Gasteiger partial charge is 0.325 e. The van der Waals surface area contributed by atoms with Crippen molar-refractivity contribution in [3.05, 3.63) is 21.8 Å². The average Bonchev–Trinajstić information content (AvgIpc) is 2.17. The molecule has 4 nitrogen and oxygen atoms in total. The lowest BCUT2D eigenvalue weighted by atomic mass is 10.4. The Morgan fingerprint density at radius 1 is 1.69 bits per heavy atom. The standard InChI is InChI=1S/C10H12BrClN2O2/c1-3-16-9(15)6-14(2)10-8(11)4-7(12)5-13-10/h4-5H,3,6H2,1-2H3. The SMILES string of the molecule is CCOC(=O)CN(C)c1ncc(Cl)cc1Br. The summed E-state index contributed by atoms with van der Waals surface area (Å²) in [5, 5.41) is 0.542. The molecule has 1 aromatic rings. The first-order valence-electron chi connectivity index (χ1n) is 4.72. The van der Waals surface area contributed by atoms with Gasteiger partial charge in [0, 0.05) is 13.2 Å². The van der Waals surface area contributed by atoms with Gasteiger partial charge in [0.1, 0.15) is 12.4 Å². The Morgan fingerprint density at radius 2 is 2.38 bits per heavy atom. The number of nitrogens with zero attached hydrogens (tertiary/aromatic N) is 2. The summed E-state index contributed by atoms with van der Waals surface area (Å²) in [6.07, 6.45) is 1.53. The zero-order valence-corrected chi connectivity index (χ0v) is 11.4. The highest BCUT2D eigenvalue weighted by molar-refractivity contribution is 9.10.